The standard InChI is InChI=1S/C10H10Cl2O4/c11-7-1-2-8(12)9(5-7)16-4-3-15-6-10(13)14/h1-2,5H,3-4,6H2,(H,13,14). The van der Waals surface area contributed by atoms with Crippen LogP contribution in [0, 0.1) is 0 Å². The number of hydrogen-bond donors (Lipinski definition) is 1. The van der Waals surface area contributed by atoms with Crippen LogP contribution in [0.25, 0.3) is 0 Å². The van der Waals surface area contributed by atoms with Crippen molar-refractivity contribution in [2.24, 2.45) is 0 Å². The average Bonchev–Trinajstić information content (AvgIpc) is 2.22. The van der Waals surface area contributed by atoms with Crippen molar-refractivity contribution in [3.05, 3.63) is 28.2 Å². The van der Waals surface area contributed by atoms with Gasteiger partial charge in [-0.3, -0.25) is 0 Å². The summed E-state index contributed by atoms with van der Waals surface area (Å²) in [6.07, 6.45) is 0. The summed E-state index contributed by atoms with van der Waals surface area (Å²) in [5.74, 6) is -0.561. The van der Waals surface area contributed by atoms with Crippen molar-refractivity contribution >= 4 is 29.2 Å². The zero-order valence-electron chi connectivity index (χ0n) is 8.28. The highest BCUT2D eigenvalue weighted by Gasteiger charge is 2.02. The molecule has 6 heteroatoms. The largest absolute Gasteiger partial charge is 0.490 e. The van der Waals surface area contributed by atoms with Crippen LogP contribution in [0.15, 0.2) is 18.2 Å². The van der Waals surface area contributed by atoms with E-state index in [1.807, 2.05) is 0 Å². The fourth-order valence-electron chi connectivity index (χ4n) is 0.958. The molecule has 4 nitrogen and oxygen atoms in total. The van der Waals surface area contributed by atoms with E-state index in [-0.39, 0.29) is 19.8 Å². The number of aliphatic carboxylic acids is 1. The van der Waals surface area contributed by atoms with Crippen molar-refractivity contribution < 1.29 is 19.4 Å². The lowest BCUT2D eigenvalue weighted by Crippen LogP contribution is -2.12. The quantitative estimate of drug-likeness (QED) is 0.803. The molecule has 0 heterocycles. The minimum atomic E-state index is -1.01. The first-order valence-corrected chi connectivity index (χ1v) is 5.22. The maximum absolute atomic E-state index is 10.1. The zero-order valence-corrected chi connectivity index (χ0v) is 9.79. The molecular formula is C10H10Cl2O4. The number of benzene rings is 1. The van der Waals surface area contributed by atoms with Gasteiger partial charge in [0, 0.05) is 11.1 Å². The molecule has 1 aromatic carbocycles. The van der Waals surface area contributed by atoms with Gasteiger partial charge in [0.25, 0.3) is 0 Å². The van der Waals surface area contributed by atoms with Gasteiger partial charge in [0.05, 0.1) is 11.6 Å². The van der Waals surface area contributed by atoms with E-state index in [0.717, 1.165) is 0 Å². The first-order valence-electron chi connectivity index (χ1n) is 4.47. The van der Waals surface area contributed by atoms with Crippen molar-refractivity contribution in [2.75, 3.05) is 19.8 Å². The fourth-order valence-corrected chi connectivity index (χ4v) is 1.29. The Labute approximate surface area is 103 Å². The Morgan fingerprint density at radius 2 is 2.06 bits per heavy atom. The molecule has 0 amide bonds. The van der Waals surface area contributed by atoms with Gasteiger partial charge in [0.2, 0.25) is 0 Å². The summed E-state index contributed by atoms with van der Waals surface area (Å²) in [5, 5.41) is 9.27. The van der Waals surface area contributed by atoms with E-state index in [0.29, 0.717) is 15.8 Å². The van der Waals surface area contributed by atoms with E-state index >= 15 is 0 Å². The molecule has 16 heavy (non-hydrogen) atoms. The minimum Gasteiger partial charge on any atom is -0.490 e. The monoisotopic (exact) mass is 264 g/mol. The van der Waals surface area contributed by atoms with Crippen molar-refractivity contribution in [1.29, 1.82) is 0 Å². The number of rotatable bonds is 6. The smallest absolute Gasteiger partial charge is 0.329 e. The lowest BCUT2D eigenvalue weighted by molar-refractivity contribution is -0.142. The van der Waals surface area contributed by atoms with Crippen LogP contribution in [0.1, 0.15) is 0 Å². The van der Waals surface area contributed by atoms with Gasteiger partial charge < -0.3 is 14.6 Å². The summed E-state index contributed by atoms with van der Waals surface area (Å²) in [7, 11) is 0. The number of ether oxygens (including phenoxy) is 2. The number of halogens is 2. The maximum Gasteiger partial charge on any atom is 0.329 e. The highest BCUT2D eigenvalue weighted by molar-refractivity contribution is 6.34. The Hall–Kier alpha value is -0.970. The number of carboxylic acid groups (broad SMARTS) is 1. The molecule has 0 bridgehead atoms. The summed E-state index contributed by atoms with van der Waals surface area (Å²) in [5.41, 5.74) is 0. The van der Waals surface area contributed by atoms with Crippen LogP contribution in [0.3, 0.4) is 0 Å². The highest BCUT2D eigenvalue weighted by atomic mass is 35.5. The van der Waals surface area contributed by atoms with Gasteiger partial charge in [0.1, 0.15) is 19.0 Å². The van der Waals surface area contributed by atoms with Crippen molar-refractivity contribution in [1.82, 2.24) is 0 Å². The van der Waals surface area contributed by atoms with Gasteiger partial charge in [-0.2, -0.15) is 0 Å². The molecule has 0 aliphatic heterocycles. The molecule has 0 saturated carbocycles. The van der Waals surface area contributed by atoms with Crippen molar-refractivity contribution in [3.8, 4) is 5.75 Å². The van der Waals surface area contributed by atoms with Gasteiger partial charge in [0.15, 0.2) is 0 Å². The van der Waals surface area contributed by atoms with Crippen LogP contribution < -0.4 is 4.74 Å². The fraction of sp³-hybridized carbons (Fsp3) is 0.300. The van der Waals surface area contributed by atoms with E-state index in [4.69, 9.17) is 37.8 Å². The summed E-state index contributed by atoms with van der Waals surface area (Å²) >= 11 is 11.6. The summed E-state index contributed by atoms with van der Waals surface area (Å²) in [4.78, 5) is 10.1. The Kier molecular flexibility index (Phi) is 5.38. The van der Waals surface area contributed by atoms with Crippen LogP contribution >= 0.6 is 23.2 Å². The summed E-state index contributed by atoms with van der Waals surface area (Å²) in [6.45, 7) is 0.0507. The van der Waals surface area contributed by atoms with Gasteiger partial charge in [-0.1, -0.05) is 23.2 Å². The summed E-state index contributed by atoms with van der Waals surface area (Å²) in [6, 6.07) is 4.86. The predicted molar refractivity (Wildman–Crippen MR) is 60.4 cm³/mol. The lowest BCUT2D eigenvalue weighted by atomic mass is 10.3. The molecule has 0 saturated heterocycles. The second-order valence-corrected chi connectivity index (χ2v) is 3.71. The van der Waals surface area contributed by atoms with Gasteiger partial charge >= 0.3 is 5.97 Å². The number of hydrogen-bond acceptors (Lipinski definition) is 3. The number of carbonyl (C=O) groups is 1. The van der Waals surface area contributed by atoms with Gasteiger partial charge in [-0.05, 0) is 12.1 Å². The molecule has 1 N–H and O–H groups in total. The second kappa shape index (κ2) is 6.58. The summed E-state index contributed by atoms with van der Waals surface area (Å²) < 4.78 is 10.1. The van der Waals surface area contributed by atoms with Crippen LogP contribution in [-0.4, -0.2) is 30.9 Å². The lowest BCUT2D eigenvalue weighted by Gasteiger charge is -2.08. The Morgan fingerprint density at radius 1 is 1.31 bits per heavy atom. The van der Waals surface area contributed by atoms with E-state index in [2.05, 4.69) is 0 Å². The van der Waals surface area contributed by atoms with E-state index < -0.39 is 5.97 Å². The molecule has 0 spiro atoms. The van der Waals surface area contributed by atoms with Crippen LogP contribution in [0.5, 0.6) is 5.75 Å². The Morgan fingerprint density at radius 3 is 2.75 bits per heavy atom. The molecule has 88 valence electrons. The topological polar surface area (TPSA) is 55.8 Å². The van der Waals surface area contributed by atoms with Crippen LogP contribution in [-0.2, 0) is 9.53 Å². The Balaban J connectivity index is 2.31. The van der Waals surface area contributed by atoms with Crippen LogP contribution in [0.4, 0.5) is 0 Å². The molecule has 0 fully saturated rings. The highest BCUT2D eigenvalue weighted by Crippen LogP contribution is 2.27. The average molecular weight is 265 g/mol. The third-order valence-corrected chi connectivity index (χ3v) is 2.15. The first kappa shape index (κ1) is 13.1. The molecule has 0 aliphatic rings. The SMILES string of the molecule is O=C(O)COCCOc1cc(Cl)ccc1Cl. The predicted octanol–water partition coefficient (Wildman–Crippen LogP) is 2.47. The molecule has 0 atom stereocenters. The van der Waals surface area contributed by atoms with Crippen LogP contribution in [0.2, 0.25) is 10.0 Å². The van der Waals surface area contributed by atoms with Crippen molar-refractivity contribution in [2.45, 2.75) is 0 Å². The molecule has 1 rings (SSSR count). The normalized spacial score (nSPS) is 10.1. The first-order chi connectivity index (χ1) is 7.59. The minimum absolute atomic E-state index is 0.176. The molecular weight excluding hydrogens is 255 g/mol. The van der Waals surface area contributed by atoms with E-state index in [1.54, 1.807) is 18.2 Å². The molecule has 0 aromatic heterocycles. The van der Waals surface area contributed by atoms with E-state index in [1.165, 1.54) is 0 Å². The second-order valence-electron chi connectivity index (χ2n) is 2.87. The number of carboxylic acids is 1. The Bertz CT molecular complexity index is 368. The van der Waals surface area contributed by atoms with Gasteiger partial charge in [-0.15, -0.1) is 0 Å². The van der Waals surface area contributed by atoms with Crippen molar-refractivity contribution in [3.63, 3.8) is 0 Å². The maximum atomic E-state index is 10.1. The zero-order chi connectivity index (χ0) is 12.0. The third-order valence-electron chi connectivity index (χ3n) is 1.60. The third kappa shape index (κ3) is 4.70. The molecule has 0 unspecified atom stereocenters. The van der Waals surface area contributed by atoms with Gasteiger partial charge in [-0.25, -0.2) is 4.79 Å². The van der Waals surface area contributed by atoms with E-state index in [9.17, 15) is 4.79 Å². The molecule has 0 radical (unpaired) electrons. The molecule has 1 aromatic rings. The molecule has 0 aliphatic carbocycles.